The number of carbonyl (C=O) groups is 1. The van der Waals surface area contributed by atoms with Crippen molar-refractivity contribution in [2.75, 3.05) is 4.31 Å². The predicted octanol–water partition coefficient (Wildman–Crippen LogP) is 5.85. The normalized spacial score (nSPS) is 13.2. The number of urea groups is 1. The number of rotatable bonds is 3. The van der Waals surface area contributed by atoms with Gasteiger partial charge in [0.15, 0.2) is 0 Å². The zero-order valence-corrected chi connectivity index (χ0v) is 14.7. The van der Waals surface area contributed by atoms with Crippen molar-refractivity contribution in [3.63, 3.8) is 0 Å². The summed E-state index contributed by atoms with van der Waals surface area (Å²) in [5, 5.41) is 2.46. The van der Waals surface area contributed by atoms with E-state index in [2.05, 4.69) is 18.1 Å². The Bertz CT molecular complexity index is 775. The fourth-order valence-corrected chi connectivity index (χ4v) is 2.42. The van der Waals surface area contributed by atoms with E-state index < -0.39 is 41.2 Å². The van der Waals surface area contributed by atoms with E-state index in [0.717, 1.165) is 0 Å². The SMILES string of the molecule is CC(NC(=O)N(S)c1cc(C(F)(F)F)cc(C(F)(F)F)c1)c1ccccc1. The zero-order chi connectivity index (χ0) is 20.4. The minimum Gasteiger partial charge on any atom is -0.330 e. The Morgan fingerprint density at radius 3 is 1.89 bits per heavy atom. The van der Waals surface area contributed by atoms with Gasteiger partial charge in [-0.3, -0.25) is 0 Å². The van der Waals surface area contributed by atoms with Gasteiger partial charge in [-0.1, -0.05) is 43.1 Å². The van der Waals surface area contributed by atoms with E-state index in [4.69, 9.17) is 0 Å². The first-order valence-electron chi connectivity index (χ1n) is 7.53. The quantitative estimate of drug-likeness (QED) is 0.485. The molecule has 1 atom stereocenters. The zero-order valence-electron chi connectivity index (χ0n) is 13.8. The van der Waals surface area contributed by atoms with Gasteiger partial charge in [-0.2, -0.15) is 26.3 Å². The van der Waals surface area contributed by atoms with Crippen LogP contribution in [0.5, 0.6) is 0 Å². The highest BCUT2D eigenvalue weighted by Crippen LogP contribution is 2.38. The molecule has 10 heteroatoms. The van der Waals surface area contributed by atoms with Crippen LogP contribution in [-0.2, 0) is 12.4 Å². The predicted molar refractivity (Wildman–Crippen MR) is 91.3 cm³/mol. The van der Waals surface area contributed by atoms with Crippen molar-refractivity contribution in [3.8, 4) is 0 Å². The van der Waals surface area contributed by atoms with E-state index >= 15 is 0 Å². The van der Waals surface area contributed by atoms with Crippen LogP contribution in [0.15, 0.2) is 48.5 Å². The van der Waals surface area contributed by atoms with Gasteiger partial charge in [-0.15, -0.1) is 0 Å². The van der Waals surface area contributed by atoms with E-state index in [1.165, 1.54) is 0 Å². The third-order valence-corrected chi connectivity index (χ3v) is 4.06. The van der Waals surface area contributed by atoms with Crippen LogP contribution in [0.4, 0.5) is 36.8 Å². The maximum Gasteiger partial charge on any atom is 0.416 e. The Morgan fingerprint density at radius 1 is 0.963 bits per heavy atom. The average Bonchev–Trinajstić information content (AvgIpc) is 2.59. The Hall–Kier alpha value is -2.36. The molecule has 2 aromatic rings. The number of nitrogens with zero attached hydrogens (tertiary/aromatic N) is 1. The van der Waals surface area contributed by atoms with E-state index in [1.807, 2.05) is 0 Å². The molecule has 0 fully saturated rings. The summed E-state index contributed by atoms with van der Waals surface area (Å²) < 4.78 is 77.9. The molecule has 0 spiro atoms. The number of hydrogen-bond donors (Lipinski definition) is 2. The number of hydrogen-bond acceptors (Lipinski definition) is 2. The number of amides is 2. The van der Waals surface area contributed by atoms with Crippen molar-refractivity contribution < 1.29 is 31.1 Å². The topological polar surface area (TPSA) is 32.3 Å². The van der Waals surface area contributed by atoms with Crippen molar-refractivity contribution in [1.82, 2.24) is 5.32 Å². The van der Waals surface area contributed by atoms with Gasteiger partial charge in [0.1, 0.15) is 0 Å². The van der Waals surface area contributed by atoms with Gasteiger partial charge < -0.3 is 5.32 Å². The minimum atomic E-state index is -5.02. The van der Waals surface area contributed by atoms with Crippen LogP contribution < -0.4 is 9.62 Å². The van der Waals surface area contributed by atoms with Gasteiger partial charge in [0.2, 0.25) is 0 Å². The third kappa shape index (κ3) is 5.31. The minimum absolute atomic E-state index is 0.0182. The molecule has 0 saturated heterocycles. The fraction of sp³-hybridized carbons (Fsp3) is 0.235. The number of halogens is 6. The largest absolute Gasteiger partial charge is 0.416 e. The van der Waals surface area contributed by atoms with Gasteiger partial charge in [0, 0.05) is 0 Å². The Balaban J connectivity index is 2.31. The maximum absolute atomic E-state index is 12.9. The van der Waals surface area contributed by atoms with Crippen LogP contribution in [0.1, 0.15) is 29.7 Å². The summed E-state index contributed by atoms with van der Waals surface area (Å²) in [6.07, 6.45) is -10.0. The molecule has 0 saturated carbocycles. The van der Waals surface area contributed by atoms with Crippen LogP contribution in [0.25, 0.3) is 0 Å². The van der Waals surface area contributed by atoms with Gasteiger partial charge in [-0.25, -0.2) is 9.10 Å². The summed E-state index contributed by atoms with van der Waals surface area (Å²) in [6, 6.07) is 7.93. The highest BCUT2D eigenvalue weighted by atomic mass is 32.1. The van der Waals surface area contributed by atoms with Crippen LogP contribution in [-0.4, -0.2) is 6.03 Å². The standard InChI is InChI=1S/C17H14F6N2OS/c1-10(11-5-3-2-4-6-11)24-15(26)25(27)14-8-12(16(18,19)20)7-13(9-14)17(21,22)23/h2-10,27H,1H3,(H,24,26). The monoisotopic (exact) mass is 408 g/mol. The van der Waals surface area contributed by atoms with Crippen molar-refractivity contribution in [2.45, 2.75) is 25.3 Å². The molecular formula is C17H14F6N2OS. The van der Waals surface area contributed by atoms with Gasteiger partial charge in [0.25, 0.3) is 0 Å². The van der Waals surface area contributed by atoms with Crippen LogP contribution in [0.3, 0.4) is 0 Å². The van der Waals surface area contributed by atoms with Crippen LogP contribution in [0, 0.1) is 0 Å². The lowest BCUT2D eigenvalue weighted by molar-refractivity contribution is -0.143. The van der Waals surface area contributed by atoms with E-state index in [0.29, 0.717) is 22.0 Å². The van der Waals surface area contributed by atoms with E-state index in [-0.39, 0.29) is 6.07 Å². The first-order valence-corrected chi connectivity index (χ1v) is 7.93. The van der Waals surface area contributed by atoms with Crippen molar-refractivity contribution in [2.24, 2.45) is 0 Å². The second-order valence-corrected chi connectivity index (χ2v) is 6.06. The van der Waals surface area contributed by atoms with E-state index in [9.17, 15) is 31.1 Å². The highest BCUT2D eigenvalue weighted by Gasteiger charge is 2.37. The summed E-state index contributed by atoms with van der Waals surface area (Å²) >= 11 is 3.77. The molecule has 0 aliphatic heterocycles. The third-order valence-electron chi connectivity index (χ3n) is 3.65. The molecule has 0 aliphatic rings. The number of benzene rings is 2. The fourth-order valence-electron chi connectivity index (χ4n) is 2.25. The first-order chi connectivity index (χ1) is 12.4. The van der Waals surface area contributed by atoms with Gasteiger partial charge >= 0.3 is 18.4 Å². The Labute approximate surface area is 156 Å². The second-order valence-electron chi connectivity index (χ2n) is 5.66. The number of carbonyl (C=O) groups excluding carboxylic acids is 1. The van der Waals surface area contributed by atoms with Crippen molar-refractivity contribution >= 4 is 24.5 Å². The number of anilines is 1. The Kier molecular flexibility index (Phi) is 5.98. The van der Waals surface area contributed by atoms with Gasteiger partial charge in [0.05, 0.1) is 22.9 Å². The maximum atomic E-state index is 12.9. The van der Waals surface area contributed by atoms with Gasteiger partial charge in [-0.05, 0) is 30.7 Å². The van der Waals surface area contributed by atoms with Crippen LogP contribution in [0.2, 0.25) is 0 Å². The molecule has 0 heterocycles. The molecule has 0 aromatic heterocycles. The van der Waals surface area contributed by atoms with E-state index in [1.54, 1.807) is 37.3 Å². The Morgan fingerprint density at radius 2 is 1.44 bits per heavy atom. The molecule has 1 N–H and O–H groups in total. The molecule has 2 amide bonds. The summed E-state index contributed by atoms with van der Waals surface area (Å²) in [5.74, 6) is 0. The lowest BCUT2D eigenvalue weighted by Crippen LogP contribution is -2.36. The number of nitrogens with one attached hydrogen (secondary N) is 1. The molecule has 0 aliphatic carbocycles. The smallest absolute Gasteiger partial charge is 0.330 e. The molecule has 2 aromatic carbocycles. The molecule has 1 unspecified atom stereocenters. The molecule has 146 valence electrons. The molecule has 2 rings (SSSR count). The first kappa shape index (κ1) is 20.9. The lowest BCUT2D eigenvalue weighted by atomic mass is 10.1. The summed E-state index contributed by atoms with van der Waals surface area (Å²) in [4.78, 5) is 12.2. The van der Waals surface area contributed by atoms with Crippen LogP contribution >= 0.6 is 12.8 Å². The second kappa shape index (κ2) is 7.71. The summed E-state index contributed by atoms with van der Waals surface area (Å²) in [5.41, 5.74) is -3.02. The number of thiol groups is 1. The van der Waals surface area contributed by atoms with Crippen molar-refractivity contribution in [1.29, 1.82) is 0 Å². The highest BCUT2D eigenvalue weighted by molar-refractivity contribution is 7.82. The number of alkyl halides is 6. The summed E-state index contributed by atoms with van der Waals surface area (Å²) in [6.45, 7) is 1.61. The molecule has 3 nitrogen and oxygen atoms in total. The molecule has 0 radical (unpaired) electrons. The molecule has 0 bridgehead atoms. The molecule has 27 heavy (non-hydrogen) atoms. The lowest BCUT2D eigenvalue weighted by Gasteiger charge is -2.22. The molecular weight excluding hydrogens is 394 g/mol. The summed E-state index contributed by atoms with van der Waals surface area (Å²) in [7, 11) is 0. The van der Waals surface area contributed by atoms with Crippen molar-refractivity contribution in [3.05, 3.63) is 65.2 Å². The average molecular weight is 408 g/mol.